The number of carbonyl (C=O) groups excluding carboxylic acids is 2. The van der Waals surface area contributed by atoms with Crippen molar-refractivity contribution in [3.05, 3.63) is 90.3 Å². The number of ether oxygens (including phenoxy) is 2. The van der Waals surface area contributed by atoms with Crippen LogP contribution in [0.15, 0.2) is 78.9 Å². The molecule has 2 amide bonds. The van der Waals surface area contributed by atoms with Crippen molar-refractivity contribution >= 4 is 22.8 Å². The summed E-state index contributed by atoms with van der Waals surface area (Å²) in [6.45, 7) is 3.43. The first-order valence-electron chi connectivity index (χ1n) is 15.1. The van der Waals surface area contributed by atoms with Crippen LogP contribution in [0.5, 0.6) is 11.5 Å². The number of aryl methyl sites for hydroxylation is 1. The molecule has 2 aliphatic heterocycles. The number of hydrogen-bond acceptors (Lipinski definition) is 6. The molecule has 2 saturated heterocycles. The van der Waals surface area contributed by atoms with E-state index in [1.165, 1.54) is 0 Å². The van der Waals surface area contributed by atoms with Crippen LogP contribution in [-0.4, -0.2) is 77.1 Å². The van der Waals surface area contributed by atoms with E-state index in [4.69, 9.17) is 20.2 Å². The Morgan fingerprint density at radius 2 is 1.72 bits per heavy atom. The van der Waals surface area contributed by atoms with Crippen LogP contribution in [0.3, 0.4) is 0 Å². The Hall–Kier alpha value is -4.21. The third-order valence-electron chi connectivity index (χ3n) is 8.54. The summed E-state index contributed by atoms with van der Waals surface area (Å²) in [6.07, 6.45) is 2.76. The number of hydrogen-bond donors (Lipinski definition) is 1. The standard InChI is InChI=1S/C34H39N5O4/c1-42-19-9-18-39-31-16-6-5-15-30(31)36-32(39)25-11-8-17-37(21-25)34(41)28-22-38(23-29(28)35)33(40)24-10-7-14-27(20-24)43-26-12-3-2-4-13-26/h2-7,10,12-16,20,25,28-29H,8-9,11,17-19,21-23,35H2,1H3/t25-,28-,29-/m1/s1. The topological polar surface area (TPSA) is 103 Å². The summed E-state index contributed by atoms with van der Waals surface area (Å²) in [5.74, 6) is 1.88. The fourth-order valence-corrected chi connectivity index (χ4v) is 6.39. The van der Waals surface area contributed by atoms with Gasteiger partial charge in [0.2, 0.25) is 5.91 Å². The van der Waals surface area contributed by atoms with E-state index in [2.05, 4.69) is 10.6 Å². The van der Waals surface area contributed by atoms with E-state index in [0.717, 1.165) is 42.7 Å². The number of piperidine rings is 1. The van der Waals surface area contributed by atoms with Gasteiger partial charge in [0.15, 0.2) is 0 Å². The van der Waals surface area contributed by atoms with Crippen molar-refractivity contribution in [2.45, 2.75) is 37.8 Å². The second-order valence-corrected chi connectivity index (χ2v) is 11.5. The Labute approximate surface area is 252 Å². The van der Waals surface area contributed by atoms with Crippen LogP contribution in [0.2, 0.25) is 0 Å². The van der Waals surface area contributed by atoms with Crippen LogP contribution in [-0.2, 0) is 16.1 Å². The van der Waals surface area contributed by atoms with Gasteiger partial charge in [0.25, 0.3) is 5.91 Å². The number of aromatic nitrogens is 2. The molecule has 0 saturated carbocycles. The SMILES string of the molecule is COCCCn1c([C@@H]2CCCN(C(=O)[C@@H]3CN(C(=O)c4cccc(Oc5ccccc5)c4)C[C@H]3N)C2)nc2ccccc21. The maximum atomic E-state index is 13.9. The van der Waals surface area contributed by atoms with Gasteiger partial charge in [-0.05, 0) is 61.7 Å². The van der Waals surface area contributed by atoms with E-state index in [1.807, 2.05) is 59.5 Å². The van der Waals surface area contributed by atoms with E-state index in [0.29, 0.717) is 49.8 Å². The predicted molar refractivity (Wildman–Crippen MR) is 165 cm³/mol. The molecule has 224 valence electrons. The van der Waals surface area contributed by atoms with Gasteiger partial charge in [-0.15, -0.1) is 0 Å². The summed E-state index contributed by atoms with van der Waals surface area (Å²) in [4.78, 5) is 36.0. The molecule has 2 N–H and O–H groups in total. The quantitative estimate of drug-likeness (QED) is 0.288. The lowest BCUT2D eigenvalue weighted by Gasteiger charge is -2.35. The molecule has 3 aromatic carbocycles. The second kappa shape index (κ2) is 13.0. The zero-order valence-corrected chi connectivity index (χ0v) is 24.6. The zero-order valence-electron chi connectivity index (χ0n) is 24.6. The van der Waals surface area contributed by atoms with Crippen molar-refractivity contribution in [2.75, 3.05) is 39.9 Å². The Bertz CT molecular complexity index is 1570. The largest absolute Gasteiger partial charge is 0.457 e. The summed E-state index contributed by atoms with van der Waals surface area (Å²) in [6, 6.07) is 24.4. The Kier molecular flexibility index (Phi) is 8.72. The zero-order chi connectivity index (χ0) is 29.8. The Morgan fingerprint density at radius 1 is 0.930 bits per heavy atom. The molecule has 3 heterocycles. The number of benzene rings is 3. The average molecular weight is 582 g/mol. The molecule has 9 nitrogen and oxygen atoms in total. The van der Waals surface area contributed by atoms with Gasteiger partial charge in [0, 0.05) is 64.0 Å². The highest BCUT2D eigenvalue weighted by Gasteiger charge is 2.41. The number of rotatable bonds is 9. The van der Waals surface area contributed by atoms with E-state index in [9.17, 15) is 9.59 Å². The molecule has 2 fully saturated rings. The molecule has 0 radical (unpaired) electrons. The predicted octanol–water partition coefficient (Wildman–Crippen LogP) is 4.67. The van der Waals surface area contributed by atoms with E-state index in [1.54, 1.807) is 30.2 Å². The van der Waals surface area contributed by atoms with Crippen LogP contribution < -0.4 is 10.5 Å². The molecular weight excluding hydrogens is 542 g/mol. The van der Waals surface area contributed by atoms with Crippen molar-refractivity contribution in [2.24, 2.45) is 11.7 Å². The normalized spacial score (nSPS) is 20.5. The third kappa shape index (κ3) is 6.28. The maximum Gasteiger partial charge on any atom is 0.254 e. The number of nitrogens with zero attached hydrogens (tertiary/aromatic N) is 4. The fourth-order valence-electron chi connectivity index (χ4n) is 6.39. The van der Waals surface area contributed by atoms with Gasteiger partial charge in [-0.1, -0.05) is 36.4 Å². The van der Waals surface area contributed by atoms with Crippen LogP contribution in [0, 0.1) is 5.92 Å². The first kappa shape index (κ1) is 28.9. The van der Waals surface area contributed by atoms with Crippen molar-refractivity contribution < 1.29 is 19.1 Å². The number of fused-ring (bicyclic) bond motifs is 1. The number of nitrogens with two attached hydrogens (primary N) is 1. The van der Waals surface area contributed by atoms with Crippen molar-refractivity contribution in [1.82, 2.24) is 19.4 Å². The summed E-state index contributed by atoms with van der Waals surface area (Å²) in [5.41, 5.74) is 9.12. The molecule has 0 bridgehead atoms. The van der Waals surface area contributed by atoms with Gasteiger partial charge in [-0.25, -0.2) is 4.98 Å². The lowest BCUT2D eigenvalue weighted by molar-refractivity contribution is -0.136. The van der Waals surface area contributed by atoms with E-state index >= 15 is 0 Å². The van der Waals surface area contributed by atoms with Gasteiger partial charge >= 0.3 is 0 Å². The molecule has 43 heavy (non-hydrogen) atoms. The molecule has 0 unspecified atom stereocenters. The summed E-state index contributed by atoms with van der Waals surface area (Å²) < 4.78 is 13.5. The number of likely N-dealkylation sites (tertiary alicyclic amines) is 2. The van der Waals surface area contributed by atoms with Crippen LogP contribution in [0.4, 0.5) is 0 Å². The Balaban J connectivity index is 1.13. The van der Waals surface area contributed by atoms with Crippen LogP contribution in [0.1, 0.15) is 41.4 Å². The minimum atomic E-state index is -0.438. The number of imidazole rings is 1. The maximum absolute atomic E-state index is 13.9. The molecule has 0 spiro atoms. The smallest absolute Gasteiger partial charge is 0.254 e. The van der Waals surface area contributed by atoms with Crippen LogP contribution in [0.25, 0.3) is 11.0 Å². The number of para-hydroxylation sites is 3. The highest BCUT2D eigenvalue weighted by molar-refractivity contribution is 5.95. The summed E-state index contributed by atoms with van der Waals surface area (Å²) in [5, 5.41) is 0. The van der Waals surface area contributed by atoms with Gasteiger partial charge in [-0.2, -0.15) is 0 Å². The van der Waals surface area contributed by atoms with Gasteiger partial charge in [-0.3, -0.25) is 9.59 Å². The minimum absolute atomic E-state index is 0.0238. The summed E-state index contributed by atoms with van der Waals surface area (Å²) in [7, 11) is 1.72. The number of carbonyl (C=O) groups is 2. The molecule has 1 aromatic heterocycles. The fraction of sp³-hybridized carbons (Fsp3) is 0.382. The molecule has 6 rings (SSSR count). The average Bonchev–Trinajstić information content (AvgIpc) is 3.62. The van der Waals surface area contributed by atoms with Gasteiger partial charge in [0.1, 0.15) is 17.3 Å². The van der Waals surface area contributed by atoms with Gasteiger partial charge < -0.3 is 29.6 Å². The van der Waals surface area contributed by atoms with Crippen molar-refractivity contribution in [3.63, 3.8) is 0 Å². The van der Waals surface area contributed by atoms with Crippen molar-refractivity contribution in [1.29, 1.82) is 0 Å². The molecule has 0 aliphatic carbocycles. The first-order chi connectivity index (χ1) is 21.0. The van der Waals surface area contributed by atoms with Gasteiger partial charge in [0.05, 0.1) is 17.0 Å². The molecule has 9 heteroatoms. The monoisotopic (exact) mass is 581 g/mol. The highest BCUT2D eigenvalue weighted by atomic mass is 16.5. The second-order valence-electron chi connectivity index (χ2n) is 11.5. The molecule has 3 atom stereocenters. The summed E-state index contributed by atoms with van der Waals surface area (Å²) >= 11 is 0. The van der Waals surface area contributed by atoms with E-state index in [-0.39, 0.29) is 17.7 Å². The highest BCUT2D eigenvalue weighted by Crippen LogP contribution is 2.32. The number of methoxy groups -OCH3 is 1. The lowest BCUT2D eigenvalue weighted by atomic mass is 9.94. The molecular formula is C34H39N5O4. The van der Waals surface area contributed by atoms with Crippen molar-refractivity contribution in [3.8, 4) is 11.5 Å². The van der Waals surface area contributed by atoms with Crippen LogP contribution >= 0.6 is 0 Å². The minimum Gasteiger partial charge on any atom is -0.457 e. The Morgan fingerprint density at radius 3 is 2.56 bits per heavy atom. The number of amides is 2. The third-order valence-corrected chi connectivity index (χ3v) is 8.54. The lowest BCUT2D eigenvalue weighted by Crippen LogP contribution is -2.47. The first-order valence-corrected chi connectivity index (χ1v) is 15.1. The molecule has 4 aromatic rings. The molecule has 2 aliphatic rings. The van der Waals surface area contributed by atoms with E-state index < -0.39 is 12.0 Å².